The number of rotatable bonds is 2. The lowest BCUT2D eigenvalue weighted by atomic mass is 9.94. The maximum absolute atomic E-state index is 13.1. The quantitative estimate of drug-likeness (QED) is 0.705. The molecule has 0 heterocycles. The standard InChI is InChI=1S/C13H13BrF2/c14-13(10-4-8-3-9(8)5-10)7-1-2-11(15)12(16)6-7/h1-2,6,8-10,13H,3-5H2. The first-order chi connectivity index (χ1) is 7.65. The Labute approximate surface area is 102 Å². The summed E-state index contributed by atoms with van der Waals surface area (Å²) in [5.41, 5.74) is 0.866. The minimum atomic E-state index is -0.766. The monoisotopic (exact) mass is 286 g/mol. The van der Waals surface area contributed by atoms with Crippen molar-refractivity contribution in [3.05, 3.63) is 35.4 Å². The van der Waals surface area contributed by atoms with Gasteiger partial charge in [0.05, 0.1) is 0 Å². The van der Waals surface area contributed by atoms with Crippen molar-refractivity contribution >= 4 is 15.9 Å². The van der Waals surface area contributed by atoms with E-state index >= 15 is 0 Å². The molecule has 2 fully saturated rings. The lowest BCUT2D eigenvalue weighted by Gasteiger charge is -2.19. The number of fused-ring (bicyclic) bond motifs is 1. The maximum atomic E-state index is 13.1. The second-order valence-electron chi connectivity index (χ2n) is 5.06. The van der Waals surface area contributed by atoms with Crippen LogP contribution in [0.2, 0.25) is 0 Å². The number of alkyl halides is 1. The van der Waals surface area contributed by atoms with Gasteiger partial charge in [0, 0.05) is 4.83 Å². The molecular weight excluding hydrogens is 274 g/mol. The minimum Gasteiger partial charge on any atom is -0.204 e. The smallest absolute Gasteiger partial charge is 0.159 e. The van der Waals surface area contributed by atoms with Crippen molar-refractivity contribution in [3.63, 3.8) is 0 Å². The Balaban J connectivity index is 1.77. The summed E-state index contributed by atoms with van der Waals surface area (Å²) in [4.78, 5) is 0.176. The molecule has 86 valence electrons. The molecule has 2 aliphatic carbocycles. The van der Waals surface area contributed by atoms with Crippen molar-refractivity contribution in [2.24, 2.45) is 17.8 Å². The summed E-state index contributed by atoms with van der Waals surface area (Å²) in [5, 5.41) is 0. The Morgan fingerprint density at radius 1 is 1.06 bits per heavy atom. The van der Waals surface area contributed by atoms with E-state index in [-0.39, 0.29) is 4.83 Å². The molecule has 0 aromatic heterocycles. The summed E-state index contributed by atoms with van der Waals surface area (Å²) in [6.07, 6.45) is 3.85. The van der Waals surface area contributed by atoms with Crippen molar-refractivity contribution < 1.29 is 8.78 Å². The van der Waals surface area contributed by atoms with Crippen LogP contribution in [0.4, 0.5) is 8.78 Å². The van der Waals surface area contributed by atoms with Gasteiger partial charge < -0.3 is 0 Å². The summed E-state index contributed by atoms with van der Waals surface area (Å²) < 4.78 is 25.9. The Hall–Kier alpha value is -0.440. The van der Waals surface area contributed by atoms with Crippen LogP contribution in [0, 0.1) is 29.4 Å². The molecule has 16 heavy (non-hydrogen) atoms. The van der Waals surface area contributed by atoms with Crippen LogP contribution < -0.4 is 0 Å². The fraction of sp³-hybridized carbons (Fsp3) is 0.538. The third-order valence-corrected chi connectivity index (χ3v) is 5.23. The first-order valence-corrected chi connectivity index (χ1v) is 6.65. The molecule has 0 N–H and O–H groups in total. The van der Waals surface area contributed by atoms with Crippen molar-refractivity contribution in [1.82, 2.24) is 0 Å². The van der Waals surface area contributed by atoms with E-state index in [1.807, 2.05) is 0 Å². The molecule has 0 spiro atoms. The van der Waals surface area contributed by atoms with Crippen molar-refractivity contribution in [3.8, 4) is 0 Å². The van der Waals surface area contributed by atoms with Gasteiger partial charge in [0.25, 0.3) is 0 Å². The van der Waals surface area contributed by atoms with Crippen LogP contribution >= 0.6 is 15.9 Å². The number of halogens is 3. The van der Waals surface area contributed by atoms with E-state index in [4.69, 9.17) is 0 Å². The van der Waals surface area contributed by atoms with Gasteiger partial charge in [-0.1, -0.05) is 22.0 Å². The van der Waals surface area contributed by atoms with Crippen molar-refractivity contribution in [2.45, 2.75) is 24.1 Å². The van der Waals surface area contributed by atoms with Gasteiger partial charge >= 0.3 is 0 Å². The fourth-order valence-electron chi connectivity index (χ4n) is 2.96. The molecule has 0 aliphatic heterocycles. The van der Waals surface area contributed by atoms with E-state index in [9.17, 15) is 8.78 Å². The molecule has 0 bridgehead atoms. The van der Waals surface area contributed by atoms with Gasteiger partial charge in [-0.15, -0.1) is 0 Å². The highest BCUT2D eigenvalue weighted by Crippen LogP contribution is 2.58. The Morgan fingerprint density at radius 3 is 2.38 bits per heavy atom. The molecule has 0 saturated heterocycles. The van der Waals surface area contributed by atoms with E-state index in [0.717, 1.165) is 17.4 Å². The summed E-state index contributed by atoms with van der Waals surface area (Å²) >= 11 is 3.63. The van der Waals surface area contributed by atoms with Gasteiger partial charge in [-0.3, -0.25) is 0 Å². The van der Waals surface area contributed by atoms with Gasteiger partial charge in [0.15, 0.2) is 11.6 Å². The highest BCUT2D eigenvalue weighted by Gasteiger charge is 2.47. The van der Waals surface area contributed by atoms with Gasteiger partial charge in [0.2, 0.25) is 0 Å². The van der Waals surface area contributed by atoms with Crippen LogP contribution in [-0.2, 0) is 0 Å². The van der Waals surface area contributed by atoms with E-state index in [2.05, 4.69) is 15.9 Å². The summed E-state index contributed by atoms with van der Waals surface area (Å²) in [6, 6.07) is 4.22. The van der Waals surface area contributed by atoms with Crippen LogP contribution in [0.15, 0.2) is 18.2 Å². The van der Waals surface area contributed by atoms with Crippen LogP contribution in [0.5, 0.6) is 0 Å². The summed E-state index contributed by atoms with van der Waals surface area (Å²) in [5.74, 6) is 0.905. The second kappa shape index (κ2) is 3.80. The molecule has 2 saturated carbocycles. The number of hydrogen-bond donors (Lipinski definition) is 0. The van der Waals surface area contributed by atoms with Crippen LogP contribution in [0.3, 0.4) is 0 Å². The maximum Gasteiger partial charge on any atom is 0.159 e. The van der Waals surface area contributed by atoms with Gasteiger partial charge in [-0.25, -0.2) is 8.78 Å². The molecule has 1 aromatic rings. The zero-order chi connectivity index (χ0) is 11.3. The molecular formula is C13H13BrF2. The van der Waals surface area contributed by atoms with Crippen LogP contribution in [-0.4, -0.2) is 0 Å². The molecule has 3 rings (SSSR count). The highest BCUT2D eigenvalue weighted by atomic mass is 79.9. The summed E-state index contributed by atoms with van der Waals surface area (Å²) in [6.45, 7) is 0. The number of hydrogen-bond acceptors (Lipinski definition) is 0. The van der Waals surface area contributed by atoms with Gasteiger partial charge in [-0.05, 0) is 54.7 Å². The Kier molecular flexibility index (Phi) is 2.54. The van der Waals surface area contributed by atoms with Crippen LogP contribution in [0.1, 0.15) is 29.7 Å². The third-order valence-electron chi connectivity index (χ3n) is 3.96. The molecule has 3 atom stereocenters. The number of benzene rings is 1. The van der Waals surface area contributed by atoms with Gasteiger partial charge in [0.1, 0.15) is 0 Å². The van der Waals surface area contributed by atoms with Gasteiger partial charge in [-0.2, -0.15) is 0 Å². The Morgan fingerprint density at radius 2 is 1.75 bits per heavy atom. The predicted molar refractivity (Wildman–Crippen MR) is 62.3 cm³/mol. The van der Waals surface area contributed by atoms with E-state index in [1.54, 1.807) is 6.07 Å². The molecule has 1 aromatic carbocycles. The van der Waals surface area contributed by atoms with E-state index < -0.39 is 11.6 Å². The first-order valence-electron chi connectivity index (χ1n) is 5.74. The predicted octanol–water partition coefficient (Wildman–Crippen LogP) is 4.45. The molecule has 0 nitrogen and oxygen atoms in total. The van der Waals surface area contributed by atoms with Crippen molar-refractivity contribution in [2.75, 3.05) is 0 Å². The van der Waals surface area contributed by atoms with E-state index in [0.29, 0.717) is 5.92 Å². The molecule has 0 radical (unpaired) electrons. The largest absolute Gasteiger partial charge is 0.204 e. The zero-order valence-corrected chi connectivity index (χ0v) is 10.4. The topological polar surface area (TPSA) is 0 Å². The lowest BCUT2D eigenvalue weighted by molar-refractivity contribution is 0.474. The third kappa shape index (κ3) is 1.79. The average Bonchev–Trinajstić information content (AvgIpc) is 2.89. The minimum absolute atomic E-state index is 0.176. The summed E-state index contributed by atoms with van der Waals surface area (Å²) in [7, 11) is 0. The van der Waals surface area contributed by atoms with Crippen molar-refractivity contribution in [1.29, 1.82) is 0 Å². The average molecular weight is 287 g/mol. The normalized spacial score (nSPS) is 33.6. The first kappa shape index (κ1) is 10.7. The zero-order valence-electron chi connectivity index (χ0n) is 8.80. The Bertz CT molecular complexity index is 408. The highest BCUT2D eigenvalue weighted by molar-refractivity contribution is 9.09. The molecule has 2 aliphatic rings. The SMILES string of the molecule is Fc1ccc(C(Br)C2CC3CC3C2)cc1F. The molecule has 0 amide bonds. The molecule has 3 heteroatoms. The second-order valence-corrected chi connectivity index (χ2v) is 6.05. The van der Waals surface area contributed by atoms with Crippen LogP contribution in [0.25, 0.3) is 0 Å². The lowest BCUT2D eigenvalue weighted by Crippen LogP contribution is -2.06. The molecule has 3 unspecified atom stereocenters. The van der Waals surface area contributed by atoms with E-state index in [1.165, 1.54) is 31.4 Å². The fourth-order valence-corrected chi connectivity index (χ4v) is 3.67.